The maximum atomic E-state index is 9.78. The largest absolute Gasteiger partial charge is 0.390 e. The Kier molecular flexibility index (Phi) is 4.87. The van der Waals surface area contributed by atoms with E-state index in [9.17, 15) is 5.11 Å². The van der Waals surface area contributed by atoms with E-state index < -0.39 is 12.2 Å². The Balaban J connectivity index is 3.11. The second-order valence-corrected chi connectivity index (χ2v) is 4.08. The summed E-state index contributed by atoms with van der Waals surface area (Å²) < 4.78 is 5.23. The van der Waals surface area contributed by atoms with Gasteiger partial charge in [0.15, 0.2) is 0 Å². The van der Waals surface area contributed by atoms with Gasteiger partial charge in [-0.1, -0.05) is 36.2 Å². The Labute approximate surface area is 99.8 Å². The highest BCUT2D eigenvalue weighted by Crippen LogP contribution is 2.34. The predicted molar refractivity (Wildman–Crippen MR) is 62.5 cm³/mol. The van der Waals surface area contributed by atoms with E-state index in [2.05, 4.69) is 0 Å². The van der Waals surface area contributed by atoms with Gasteiger partial charge in [-0.25, -0.2) is 0 Å². The van der Waals surface area contributed by atoms with E-state index in [1.54, 1.807) is 18.2 Å². The van der Waals surface area contributed by atoms with Crippen LogP contribution < -0.4 is 0 Å². The van der Waals surface area contributed by atoms with Crippen LogP contribution in [0.1, 0.15) is 25.0 Å². The zero-order chi connectivity index (χ0) is 11.4. The summed E-state index contributed by atoms with van der Waals surface area (Å²) in [5.41, 5.74) is 0.651. The van der Waals surface area contributed by atoms with Crippen molar-refractivity contribution in [1.82, 2.24) is 0 Å². The van der Waals surface area contributed by atoms with Gasteiger partial charge in [-0.15, -0.1) is 0 Å². The predicted octanol–water partition coefficient (Wildman–Crippen LogP) is 3.45. The van der Waals surface area contributed by atoms with Crippen molar-refractivity contribution in [3.63, 3.8) is 0 Å². The molecule has 84 valence electrons. The summed E-state index contributed by atoms with van der Waals surface area (Å²) in [5, 5.41) is 10.8. The summed E-state index contributed by atoms with van der Waals surface area (Å²) in [4.78, 5) is 0. The van der Waals surface area contributed by atoms with Crippen molar-refractivity contribution in [1.29, 1.82) is 0 Å². The van der Waals surface area contributed by atoms with Gasteiger partial charge in [0, 0.05) is 22.7 Å². The topological polar surface area (TPSA) is 29.5 Å². The lowest BCUT2D eigenvalue weighted by Crippen LogP contribution is -2.20. The van der Waals surface area contributed by atoms with Gasteiger partial charge in [0.2, 0.25) is 0 Å². The monoisotopic (exact) mass is 248 g/mol. The first-order valence-electron chi connectivity index (χ1n) is 4.76. The Morgan fingerprint density at radius 1 is 1.33 bits per heavy atom. The minimum absolute atomic E-state index is 0.476. The molecule has 1 rings (SSSR count). The highest BCUT2D eigenvalue weighted by atomic mass is 35.5. The molecule has 1 aromatic rings. The Bertz CT molecular complexity index is 308. The molecule has 1 N–H and O–H groups in total. The second-order valence-electron chi connectivity index (χ2n) is 3.27. The van der Waals surface area contributed by atoms with Gasteiger partial charge in [0.05, 0.1) is 6.10 Å². The Morgan fingerprint density at radius 2 is 1.87 bits per heavy atom. The maximum absolute atomic E-state index is 9.78. The third-order valence-electron chi connectivity index (χ3n) is 2.31. The van der Waals surface area contributed by atoms with Gasteiger partial charge >= 0.3 is 0 Å². The van der Waals surface area contributed by atoms with Crippen LogP contribution in [0.25, 0.3) is 0 Å². The van der Waals surface area contributed by atoms with Crippen LogP contribution in [0.5, 0.6) is 0 Å². The number of ether oxygens (including phenoxy) is 1. The zero-order valence-electron chi connectivity index (χ0n) is 8.71. The summed E-state index contributed by atoms with van der Waals surface area (Å²) >= 11 is 12.1. The highest BCUT2D eigenvalue weighted by molar-refractivity contribution is 6.36. The molecule has 0 aliphatic carbocycles. The summed E-state index contributed by atoms with van der Waals surface area (Å²) in [6, 6.07) is 5.23. The normalized spacial score (nSPS) is 15.0. The fourth-order valence-electron chi connectivity index (χ4n) is 1.46. The molecule has 0 bridgehead atoms. The van der Waals surface area contributed by atoms with Crippen LogP contribution in [0, 0.1) is 0 Å². The summed E-state index contributed by atoms with van der Waals surface area (Å²) in [5.74, 6) is 0. The van der Waals surface area contributed by atoms with Crippen LogP contribution >= 0.6 is 23.2 Å². The molecule has 15 heavy (non-hydrogen) atoms. The molecule has 0 amide bonds. The molecule has 0 aromatic heterocycles. The fourth-order valence-corrected chi connectivity index (χ4v) is 2.08. The smallest absolute Gasteiger partial charge is 0.111 e. The molecule has 0 saturated carbocycles. The van der Waals surface area contributed by atoms with E-state index in [1.165, 1.54) is 7.11 Å². The number of benzene rings is 1. The minimum atomic E-state index is -0.604. The average molecular weight is 249 g/mol. The van der Waals surface area contributed by atoms with Crippen molar-refractivity contribution < 1.29 is 9.84 Å². The van der Waals surface area contributed by atoms with Crippen LogP contribution in [0.3, 0.4) is 0 Å². The quantitative estimate of drug-likeness (QED) is 0.885. The molecule has 0 fully saturated rings. The van der Waals surface area contributed by atoms with Crippen molar-refractivity contribution in [2.24, 2.45) is 0 Å². The van der Waals surface area contributed by atoms with E-state index in [4.69, 9.17) is 27.9 Å². The molecule has 0 spiro atoms. The lowest BCUT2D eigenvalue weighted by Gasteiger charge is -2.22. The van der Waals surface area contributed by atoms with Crippen LogP contribution in [0.15, 0.2) is 18.2 Å². The molecule has 0 heterocycles. The molecular weight excluding hydrogens is 235 g/mol. The number of hydrogen-bond acceptors (Lipinski definition) is 2. The molecule has 0 unspecified atom stereocenters. The molecule has 0 aliphatic rings. The third kappa shape index (κ3) is 2.85. The molecular formula is C11H14Cl2O2. The molecule has 2 atom stereocenters. The van der Waals surface area contributed by atoms with E-state index >= 15 is 0 Å². The average Bonchev–Trinajstić information content (AvgIpc) is 2.22. The van der Waals surface area contributed by atoms with Crippen LogP contribution in [-0.2, 0) is 4.74 Å². The zero-order valence-corrected chi connectivity index (χ0v) is 10.2. The highest BCUT2D eigenvalue weighted by Gasteiger charge is 2.23. The second kappa shape index (κ2) is 5.71. The standard InChI is InChI=1S/C11H14Cl2O2/c1-3-9(14)11(15-2)10-7(12)5-4-6-8(10)13/h4-6,9,11,14H,3H2,1-2H3/t9-,11+/m1/s1. The number of aliphatic hydroxyl groups is 1. The molecule has 4 heteroatoms. The van der Waals surface area contributed by atoms with E-state index in [0.29, 0.717) is 22.0 Å². The van der Waals surface area contributed by atoms with Crippen molar-refractivity contribution >= 4 is 23.2 Å². The van der Waals surface area contributed by atoms with Crippen LogP contribution in [0.2, 0.25) is 10.0 Å². The minimum Gasteiger partial charge on any atom is -0.390 e. The number of rotatable bonds is 4. The first kappa shape index (κ1) is 12.8. The summed E-state index contributed by atoms with van der Waals surface area (Å²) in [6.07, 6.45) is -0.497. The molecule has 2 nitrogen and oxygen atoms in total. The van der Waals surface area contributed by atoms with Gasteiger partial charge in [-0.05, 0) is 18.6 Å². The first-order valence-corrected chi connectivity index (χ1v) is 5.52. The van der Waals surface area contributed by atoms with E-state index in [0.717, 1.165) is 0 Å². The third-order valence-corrected chi connectivity index (χ3v) is 2.97. The van der Waals surface area contributed by atoms with Crippen molar-refractivity contribution in [2.45, 2.75) is 25.6 Å². The lowest BCUT2D eigenvalue weighted by atomic mass is 10.0. The van der Waals surface area contributed by atoms with E-state index in [-0.39, 0.29) is 0 Å². The first-order chi connectivity index (χ1) is 7.11. The molecule has 0 radical (unpaired) electrons. The summed E-state index contributed by atoms with van der Waals surface area (Å²) in [7, 11) is 1.53. The number of hydrogen-bond donors (Lipinski definition) is 1. The van der Waals surface area contributed by atoms with Gasteiger partial charge in [0.25, 0.3) is 0 Å². The summed E-state index contributed by atoms with van der Waals surface area (Å²) in [6.45, 7) is 1.88. The van der Waals surface area contributed by atoms with Crippen molar-refractivity contribution in [3.05, 3.63) is 33.8 Å². The van der Waals surface area contributed by atoms with Crippen LogP contribution in [-0.4, -0.2) is 18.3 Å². The molecule has 0 aliphatic heterocycles. The maximum Gasteiger partial charge on any atom is 0.111 e. The fraction of sp³-hybridized carbons (Fsp3) is 0.455. The van der Waals surface area contributed by atoms with E-state index in [1.807, 2.05) is 6.92 Å². The van der Waals surface area contributed by atoms with Gasteiger partial charge < -0.3 is 9.84 Å². The molecule has 0 saturated heterocycles. The Hall–Kier alpha value is -0.280. The lowest BCUT2D eigenvalue weighted by molar-refractivity contribution is -0.0147. The number of methoxy groups -OCH3 is 1. The van der Waals surface area contributed by atoms with Gasteiger partial charge in [0.1, 0.15) is 6.10 Å². The van der Waals surface area contributed by atoms with Crippen molar-refractivity contribution in [2.75, 3.05) is 7.11 Å². The van der Waals surface area contributed by atoms with Gasteiger partial charge in [-0.2, -0.15) is 0 Å². The number of halogens is 2. The van der Waals surface area contributed by atoms with Gasteiger partial charge in [-0.3, -0.25) is 0 Å². The van der Waals surface area contributed by atoms with Crippen molar-refractivity contribution in [3.8, 4) is 0 Å². The molecule has 1 aromatic carbocycles. The Morgan fingerprint density at radius 3 is 2.27 bits per heavy atom. The SMILES string of the molecule is CC[C@@H](O)[C@H](OC)c1c(Cl)cccc1Cl. The number of aliphatic hydroxyl groups excluding tert-OH is 1. The van der Waals surface area contributed by atoms with Crippen LogP contribution in [0.4, 0.5) is 0 Å².